The van der Waals surface area contributed by atoms with E-state index in [-0.39, 0.29) is 0 Å². The van der Waals surface area contributed by atoms with Crippen molar-refractivity contribution >= 4 is 19.9 Å². The van der Waals surface area contributed by atoms with Gasteiger partial charge in [-0.3, -0.25) is 0 Å². The van der Waals surface area contributed by atoms with Crippen molar-refractivity contribution in [3.05, 3.63) is 29.3 Å². The highest BCUT2D eigenvalue weighted by Gasteiger charge is 2.24. The van der Waals surface area contributed by atoms with Crippen molar-refractivity contribution in [2.45, 2.75) is 13.0 Å². The number of hydrogen-bond donors (Lipinski definition) is 0. The van der Waals surface area contributed by atoms with Gasteiger partial charge in [0.25, 0.3) is 9.24 Å². The number of hydrogen-bond acceptors (Lipinski definition) is 3. The summed E-state index contributed by atoms with van der Waals surface area (Å²) < 4.78 is 28.8. The third-order valence-corrected chi connectivity index (χ3v) is 4.21. The number of fused-ring (bicyclic) bond motifs is 1. The molecule has 1 aliphatic rings. The standard InChI is InChI=1S/C10H12ClNO3S/c1-15-10-3-2-9-7-12(16(11,13)14)5-4-8(9)6-10/h2-3,6H,4-5,7H2,1H3. The van der Waals surface area contributed by atoms with Gasteiger partial charge >= 0.3 is 0 Å². The lowest BCUT2D eigenvalue weighted by Crippen LogP contribution is -2.32. The highest BCUT2D eigenvalue weighted by Crippen LogP contribution is 2.25. The van der Waals surface area contributed by atoms with Crippen LogP contribution in [0, 0.1) is 0 Å². The van der Waals surface area contributed by atoms with Crippen molar-refractivity contribution in [1.82, 2.24) is 4.31 Å². The normalized spacial score (nSPS) is 16.9. The Morgan fingerprint density at radius 3 is 2.75 bits per heavy atom. The lowest BCUT2D eigenvalue weighted by molar-refractivity contribution is 0.394. The van der Waals surface area contributed by atoms with E-state index in [4.69, 9.17) is 15.4 Å². The average Bonchev–Trinajstić information content (AvgIpc) is 2.26. The van der Waals surface area contributed by atoms with Crippen LogP contribution in [0.1, 0.15) is 11.1 Å². The molecule has 0 fully saturated rings. The van der Waals surface area contributed by atoms with E-state index in [9.17, 15) is 8.42 Å². The molecule has 0 amide bonds. The molecule has 0 bridgehead atoms. The van der Waals surface area contributed by atoms with Crippen molar-refractivity contribution in [1.29, 1.82) is 0 Å². The zero-order chi connectivity index (χ0) is 11.8. The Balaban J connectivity index is 2.29. The van der Waals surface area contributed by atoms with Crippen LogP contribution in [-0.4, -0.2) is 26.4 Å². The lowest BCUT2D eigenvalue weighted by Gasteiger charge is -2.25. The molecule has 1 aromatic rings. The molecular formula is C10H12ClNO3S. The fourth-order valence-corrected chi connectivity index (χ4v) is 2.77. The van der Waals surface area contributed by atoms with Crippen LogP contribution >= 0.6 is 10.7 Å². The molecule has 2 rings (SSSR count). The number of halogens is 1. The van der Waals surface area contributed by atoms with Gasteiger partial charge in [0.1, 0.15) is 5.75 Å². The maximum absolute atomic E-state index is 11.2. The molecular weight excluding hydrogens is 250 g/mol. The SMILES string of the molecule is COc1ccc2c(c1)CCN(S(=O)(=O)Cl)C2. The van der Waals surface area contributed by atoms with Gasteiger partial charge in [-0.1, -0.05) is 6.07 Å². The minimum absolute atomic E-state index is 0.338. The summed E-state index contributed by atoms with van der Waals surface area (Å²) in [7, 11) is 3.31. The molecule has 6 heteroatoms. The summed E-state index contributed by atoms with van der Waals surface area (Å²) in [5, 5.41) is 0. The molecule has 0 spiro atoms. The van der Waals surface area contributed by atoms with Gasteiger partial charge < -0.3 is 4.74 Å². The summed E-state index contributed by atoms with van der Waals surface area (Å²) in [6, 6.07) is 5.64. The summed E-state index contributed by atoms with van der Waals surface area (Å²) in [5.74, 6) is 0.793. The molecule has 0 atom stereocenters. The number of benzene rings is 1. The quantitative estimate of drug-likeness (QED) is 0.759. The van der Waals surface area contributed by atoms with Crippen molar-refractivity contribution in [2.24, 2.45) is 0 Å². The van der Waals surface area contributed by atoms with E-state index in [1.165, 1.54) is 4.31 Å². The predicted octanol–water partition coefficient (Wildman–Crippen LogP) is 1.54. The molecule has 1 heterocycles. The first-order chi connectivity index (χ1) is 7.50. The largest absolute Gasteiger partial charge is 0.497 e. The van der Waals surface area contributed by atoms with Gasteiger partial charge in [-0.2, -0.15) is 12.7 Å². The highest BCUT2D eigenvalue weighted by atomic mass is 35.7. The second-order valence-electron chi connectivity index (χ2n) is 3.66. The molecule has 1 aromatic carbocycles. The molecule has 0 saturated heterocycles. The Hall–Kier alpha value is -0.780. The topological polar surface area (TPSA) is 46.6 Å². The van der Waals surface area contributed by atoms with Crippen LogP contribution in [0.4, 0.5) is 0 Å². The van der Waals surface area contributed by atoms with Gasteiger partial charge in [0.2, 0.25) is 0 Å². The van der Waals surface area contributed by atoms with Crippen molar-refractivity contribution in [3.8, 4) is 5.75 Å². The van der Waals surface area contributed by atoms with Gasteiger partial charge in [-0.15, -0.1) is 0 Å². The molecule has 0 unspecified atom stereocenters. The van der Waals surface area contributed by atoms with Crippen LogP contribution < -0.4 is 4.74 Å². The molecule has 16 heavy (non-hydrogen) atoms. The third kappa shape index (κ3) is 2.31. The molecule has 0 aliphatic carbocycles. The molecule has 4 nitrogen and oxygen atoms in total. The van der Waals surface area contributed by atoms with E-state index in [2.05, 4.69) is 0 Å². The molecule has 1 aliphatic heterocycles. The van der Waals surface area contributed by atoms with Crippen LogP contribution in [-0.2, 0) is 22.2 Å². The number of methoxy groups -OCH3 is 1. The minimum atomic E-state index is -3.61. The summed E-state index contributed by atoms with van der Waals surface area (Å²) in [5.41, 5.74) is 2.10. The van der Waals surface area contributed by atoms with E-state index in [0.717, 1.165) is 16.9 Å². The van der Waals surface area contributed by atoms with Crippen LogP contribution in [0.2, 0.25) is 0 Å². The Labute approximate surface area is 99.3 Å². The number of nitrogens with zero attached hydrogens (tertiary/aromatic N) is 1. The molecule has 0 N–H and O–H groups in total. The smallest absolute Gasteiger partial charge is 0.300 e. The number of ether oxygens (including phenoxy) is 1. The Kier molecular flexibility index (Phi) is 3.10. The average molecular weight is 262 g/mol. The Morgan fingerprint density at radius 1 is 1.38 bits per heavy atom. The van der Waals surface area contributed by atoms with Gasteiger partial charge in [-0.05, 0) is 29.7 Å². The summed E-state index contributed by atoms with van der Waals surface area (Å²) in [6.07, 6.45) is 0.665. The summed E-state index contributed by atoms with van der Waals surface area (Å²) in [6.45, 7) is 0.761. The Bertz CT molecular complexity index is 501. The van der Waals surface area contributed by atoms with Gasteiger partial charge in [0.15, 0.2) is 0 Å². The maximum Gasteiger partial charge on any atom is 0.300 e. The monoisotopic (exact) mass is 261 g/mol. The van der Waals surface area contributed by atoms with Crippen LogP contribution in [0.25, 0.3) is 0 Å². The van der Waals surface area contributed by atoms with Crippen molar-refractivity contribution in [3.63, 3.8) is 0 Å². The van der Waals surface area contributed by atoms with Gasteiger partial charge in [-0.25, -0.2) is 0 Å². The van der Waals surface area contributed by atoms with Crippen LogP contribution in [0.5, 0.6) is 5.75 Å². The maximum atomic E-state index is 11.2. The van der Waals surface area contributed by atoms with Crippen molar-refractivity contribution in [2.75, 3.05) is 13.7 Å². The first kappa shape index (κ1) is 11.7. The van der Waals surface area contributed by atoms with Gasteiger partial charge in [0, 0.05) is 23.8 Å². The number of rotatable bonds is 2. The molecule has 0 aromatic heterocycles. The fourth-order valence-electron chi connectivity index (χ4n) is 1.82. The predicted molar refractivity (Wildman–Crippen MR) is 61.9 cm³/mol. The van der Waals surface area contributed by atoms with Crippen LogP contribution in [0.15, 0.2) is 18.2 Å². The van der Waals surface area contributed by atoms with E-state index in [0.29, 0.717) is 19.5 Å². The highest BCUT2D eigenvalue weighted by molar-refractivity contribution is 8.11. The zero-order valence-corrected chi connectivity index (χ0v) is 10.4. The molecule has 0 saturated carbocycles. The fraction of sp³-hybridized carbons (Fsp3) is 0.400. The summed E-state index contributed by atoms with van der Waals surface area (Å²) in [4.78, 5) is 0. The first-order valence-corrected chi connectivity index (χ1v) is 7.13. The van der Waals surface area contributed by atoms with E-state index in [1.54, 1.807) is 7.11 Å². The van der Waals surface area contributed by atoms with E-state index in [1.807, 2.05) is 18.2 Å². The van der Waals surface area contributed by atoms with Crippen molar-refractivity contribution < 1.29 is 13.2 Å². The first-order valence-electron chi connectivity index (χ1n) is 4.86. The van der Waals surface area contributed by atoms with E-state index >= 15 is 0 Å². The van der Waals surface area contributed by atoms with E-state index < -0.39 is 9.24 Å². The minimum Gasteiger partial charge on any atom is -0.497 e. The third-order valence-electron chi connectivity index (χ3n) is 2.70. The van der Waals surface area contributed by atoms with Gasteiger partial charge in [0.05, 0.1) is 7.11 Å². The molecule has 0 radical (unpaired) electrons. The van der Waals surface area contributed by atoms with Crippen LogP contribution in [0.3, 0.4) is 0 Å². The second kappa shape index (κ2) is 4.24. The molecule has 88 valence electrons. The zero-order valence-electron chi connectivity index (χ0n) is 8.81. The summed E-state index contributed by atoms with van der Waals surface area (Å²) >= 11 is 0. The Morgan fingerprint density at radius 2 is 2.12 bits per heavy atom. The lowest BCUT2D eigenvalue weighted by atomic mass is 10.0. The second-order valence-corrected chi connectivity index (χ2v) is 6.17.